The van der Waals surface area contributed by atoms with Gasteiger partial charge in [0.25, 0.3) is 5.91 Å². The topological polar surface area (TPSA) is 77.0 Å². The highest BCUT2D eigenvalue weighted by Crippen LogP contribution is 2.40. The number of amides is 2. The van der Waals surface area contributed by atoms with E-state index in [1.54, 1.807) is 7.11 Å². The van der Waals surface area contributed by atoms with Gasteiger partial charge in [0.05, 0.1) is 12.5 Å². The van der Waals surface area contributed by atoms with Crippen LogP contribution >= 0.6 is 11.3 Å². The van der Waals surface area contributed by atoms with Crippen LogP contribution in [0.3, 0.4) is 0 Å². The Morgan fingerprint density at radius 1 is 1.18 bits per heavy atom. The van der Waals surface area contributed by atoms with Crippen LogP contribution in [0.1, 0.15) is 48.8 Å². The third-order valence-corrected chi connectivity index (χ3v) is 6.53. The molecule has 0 aliphatic carbocycles. The number of thiophene rings is 1. The first-order chi connectivity index (χ1) is 16.1. The van der Waals surface area contributed by atoms with Gasteiger partial charge in [-0.1, -0.05) is 37.8 Å². The Morgan fingerprint density at radius 3 is 2.53 bits per heavy atom. The zero-order chi connectivity index (χ0) is 24.6. The Balaban J connectivity index is 1.68. The van der Waals surface area contributed by atoms with Gasteiger partial charge in [-0.3, -0.25) is 4.79 Å². The number of nitrogens with zero attached hydrogens (tertiary/aromatic N) is 1. The minimum Gasteiger partial charge on any atom is -0.496 e. The summed E-state index contributed by atoms with van der Waals surface area (Å²) in [5, 5.41) is 5.98. The molecule has 2 heterocycles. The van der Waals surface area contributed by atoms with Crippen LogP contribution in [-0.2, 0) is 4.74 Å². The van der Waals surface area contributed by atoms with Crippen molar-refractivity contribution < 1.29 is 19.1 Å². The third kappa shape index (κ3) is 4.61. The molecule has 1 N–H and O–H groups in total. The Kier molecular flexibility index (Phi) is 6.32. The number of alkyl carbamates (subject to hydrolysis) is 1. The predicted octanol–water partition coefficient (Wildman–Crippen LogP) is 4.90. The van der Waals surface area contributed by atoms with Crippen molar-refractivity contribution in [3.05, 3.63) is 62.8 Å². The fourth-order valence-corrected chi connectivity index (χ4v) is 4.79. The van der Waals surface area contributed by atoms with Gasteiger partial charge in [0.1, 0.15) is 16.2 Å². The van der Waals surface area contributed by atoms with Gasteiger partial charge < -0.3 is 14.8 Å². The molecule has 1 aliphatic heterocycles. The second-order valence-electron chi connectivity index (χ2n) is 9.32. The van der Waals surface area contributed by atoms with Gasteiger partial charge in [0, 0.05) is 23.2 Å². The molecule has 0 saturated heterocycles. The van der Waals surface area contributed by atoms with E-state index in [0.717, 1.165) is 27.8 Å². The van der Waals surface area contributed by atoms with Gasteiger partial charge in [-0.05, 0) is 60.5 Å². The maximum Gasteiger partial charge on any atom is 0.407 e. The van der Waals surface area contributed by atoms with E-state index >= 15 is 0 Å². The van der Waals surface area contributed by atoms with E-state index in [0.29, 0.717) is 27.7 Å². The molecule has 0 radical (unpaired) electrons. The van der Waals surface area contributed by atoms with E-state index in [2.05, 4.69) is 23.8 Å². The SMILES string of the molecule is C=c1cc(OC)c(-c2ccc([C@@H](C)CNC(=O)OC(C)(C)C)cc2)c2c1=NC(=O)c1sccc1-2. The number of rotatable bonds is 5. The maximum absolute atomic E-state index is 12.5. The normalized spacial score (nSPS) is 13.4. The molecule has 0 spiro atoms. The molecular weight excluding hydrogens is 448 g/mol. The first-order valence-corrected chi connectivity index (χ1v) is 11.9. The molecule has 0 fully saturated rings. The lowest BCUT2D eigenvalue weighted by atomic mass is 9.90. The van der Waals surface area contributed by atoms with Crippen molar-refractivity contribution in [2.45, 2.75) is 39.2 Å². The predicted molar refractivity (Wildman–Crippen MR) is 135 cm³/mol. The molecule has 4 rings (SSSR count). The van der Waals surface area contributed by atoms with Gasteiger partial charge in [-0.15, -0.1) is 11.3 Å². The van der Waals surface area contributed by atoms with Crippen molar-refractivity contribution in [3.8, 4) is 28.0 Å². The summed E-state index contributed by atoms with van der Waals surface area (Å²) in [7, 11) is 1.63. The lowest BCUT2D eigenvalue weighted by Gasteiger charge is -2.21. The first kappa shape index (κ1) is 23.7. The summed E-state index contributed by atoms with van der Waals surface area (Å²) in [6.45, 7) is 12.1. The number of methoxy groups -OCH3 is 1. The van der Waals surface area contributed by atoms with Crippen LogP contribution in [0.4, 0.5) is 4.79 Å². The van der Waals surface area contributed by atoms with Crippen LogP contribution in [0, 0.1) is 0 Å². The monoisotopic (exact) mass is 476 g/mol. The summed E-state index contributed by atoms with van der Waals surface area (Å²) in [5.74, 6) is 0.536. The Morgan fingerprint density at radius 2 is 1.88 bits per heavy atom. The quantitative estimate of drug-likeness (QED) is 0.568. The highest BCUT2D eigenvalue weighted by molar-refractivity contribution is 7.12. The Hall–Kier alpha value is -3.45. The Labute approximate surface area is 203 Å². The lowest BCUT2D eigenvalue weighted by Crippen LogP contribution is -2.34. The van der Waals surface area contributed by atoms with Gasteiger partial charge in [-0.2, -0.15) is 0 Å². The zero-order valence-corrected chi connectivity index (χ0v) is 20.8. The van der Waals surface area contributed by atoms with Gasteiger partial charge in [-0.25, -0.2) is 9.79 Å². The number of benzene rings is 2. The van der Waals surface area contributed by atoms with E-state index in [4.69, 9.17) is 9.47 Å². The fraction of sp³-hybridized carbons (Fsp3) is 0.296. The molecule has 3 aromatic rings. The zero-order valence-electron chi connectivity index (χ0n) is 20.0. The van der Waals surface area contributed by atoms with E-state index in [9.17, 15) is 9.59 Å². The van der Waals surface area contributed by atoms with Crippen molar-refractivity contribution in [2.24, 2.45) is 4.99 Å². The summed E-state index contributed by atoms with van der Waals surface area (Å²) in [6.07, 6.45) is -0.425. The van der Waals surface area contributed by atoms with Crippen molar-refractivity contribution >= 4 is 29.9 Å². The van der Waals surface area contributed by atoms with Crippen molar-refractivity contribution in [2.75, 3.05) is 13.7 Å². The highest BCUT2D eigenvalue weighted by atomic mass is 32.1. The van der Waals surface area contributed by atoms with Crippen LogP contribution in [0.5, 0.6) is 5.75 Å². The van der Waals surface area contributed by atoms with Crippen LogP contribution < -0.4 is 20.6 Å². The number of carbonyl (C=O) groups excluding carboxylic acids is 2. The molecule has 1 atom stereocenters. The second-order valence-corrected chi connectivity index (χ2v) is 10.2. The number of hydrogen-bond acceptors (Lipinski definition) is 5. The summed E-state index contributed by atoms with van der Waals surface area (Å²) >= 11 is 1.39. The van der Waals surface area contributed by atoms with E-state index in [1.807, 2.05) is 62.5 Å². The van der Waals surface area contributed by atoms with Gasteiger partial charge in [0.15, 0.2) is 0 Å². The average Bonchev–Trinajstić information content (AvgIpc) is 3.28. The fourth-order valence-electron chi connectivity index (χ4n) is 4.01. The smallest absolute Gasteiger partial charge is 0.407 e. The van der Waals surface area contributed by atoms with Crippen molar-refractivity contribution in [3.63, 3.8) is 0 Å². The van der Waals surface area contributed by atoms with Gasteiger partial charge >= 0.3 is 6.09 Å². The lowest BCUT2D eigenvalue weighted by molar-refractivity contribution is 0.0525. The summed E-state index contributed by atoms with van der Waals surface area (Å²) in [5.41, 5.74) is 4.11. The molecule has 1 aromatic heterocycles. The van der Waals surface area contributed by atoms with E-state index in [1.165, 1.54) is 11.3 Å². The van der Waals surface area contributed by atoms with Gasteiger partial charge in [0.2, 0.25) is 0 Å². The standard InChI is InChI=1S/C27H28N2O4S/c1-15-13-20(32-6)21(22-19-11-12-34-24(19)25(30)29-23(15)22)18-9-7-17(8-10-18)16(2)14-28-26(31)33-27(3,4)5/h7-13,16H,1,14H2,2-6H3,(H,28,31)/t16-/m0/s1. The molecule has 6 nitrogen and oxygen atoms in total. The molecule has 0 unspecified atom stereocenters. The van der Waals surface area contributed by atoms with E-state index in [-0.39, 0.29) is 11.8 Å². The molecule has 176 valence electrons. The van der Waals surface area contributed by atoms with Crippen molar-refractivity contribution in [1.82, 2.24) is 5.32 Å². The van der Waals surface area contributed by atoms with Crippen LogP contribution in [-0.4, -0.2) is 31.3 Å². The number of fused-ring (bicyclic) bond motifs is 3. The van der Waals surface area contributed by atoms with Crippen molar-refractivity contribution in [1.29, 1.82) is 0 Å². The second kappa shape index (κ2) is 9.06. The largest absolute Gasteiger partial charge is 0.496 e. The third-order valence-electron chi connectivity index (χ3n) is 5.62. The minimum absolute atomic E-state index is 0.0932. The average molecular weight is 477 g/mol. The molecule has 2 aromatic carbocycles. The first-order valence-electron chi connectivity index (χ1n) is 11.1. The number of nitrogens with one attached hydrogen (secondary N) is 1. The summed E-state index contributed by atoms with van der Waals surface area (Å²) in [4.78, 5) is 29.5. The summed E-state index contributed by atoms with van der Waals surface area (Å²) in [6, 6.07) is 11.9. The van der Waals surface area contributed by atoms with E-state index < -0.39 is 11.7 Å². The Bertz CT molecular complexity index is 1370. The number of hydrogen-bond donors (Lipinski definition) is 1. The number of ether oxygens (including phenoxy) is 2. The molecule has 2 amide bonds. The van der Waals surface area contributed by atoms with Crippen LogP contribution in [0.2, 0.25) is 0 Å². The number of carbonyl (C=O) groups is 2. The molecule has 7 heteroatoms. The molecule has 0 saturated carbocycles. The van der Waals surface area contributed by atoms with Crippen LogP contribution in [0.25, 0.3) is 28.8 Å². The molecule has 1 aliphatic rings. The minimum atomic E-state index is -0.532. The molecule has 34 heavy (non-hydrogen) atoms. The molecule has 0 bridgehead atoms. The summed E-state index contributed by atoms with van der Waals surface area (Å²) < 4.78 is 11.0. The van der Waals surface area contributed by atoms with Crippen LogP contribution in [0.15, 0.2) is 46.8 Å². The molecular formula is C27H28N2O4S. The highest BCUT2D eigenvalue weighted by Gasteiger charge is 2.26. The maximum atomic E-state index is 12.5.